The number of carbonyl (C=O) groups is 3. The minimum Gasteiger partial charge on any atom is -0.394 e. The van der Waals surface area contributed by atoms with E-state index in [2.05, 4.69) is 16.0 Å². The fraction of sp³-hybridized carbons (Fsp3) is 0.958. The van der Waals surface area contributed by atoms with Crippen molar-refractivity contribution in [3.05, 3.63) is 0 Å². The van der Waals surface area contributed by atoms with Gasteiger partial charge in [-0.1, -0.05) is 0 Å². The van der Waals surface area contributed by atoms with Gasteiger partial charge in [-0.3, -0.25) is 14.4 Å². The number of amides is 3. The van der Waals surface area contributed by atoms with E-state index in [9.17, 15) is 168 Å². The summed E-state index contributed by atoms with van der Waals surface area (Å²) >= 11 is 0. The first-order valence-electron chi connectivity index (χ1n) is 41.4. The van der Waals surface area contributed by atoms with Crippen molar-refractivity contribution in [2.45, 2.75) is 372 Å². The molecule has 129 heavy (non-hydrogen) atoms. The maximum Gasteiger partial charge on any atom is 0.217 e. The molecule has 11 saturated heterocycles. The summed E-state index contributed by atoms with van der Waals surface area (Å²) in [5, 5.41) is 343. The number of aliphatic hydroxyl groups is 30. The smallest absolute Gasteiger partial charge is 0.217 e. The van der Waals surface area contributed by atoms with Gasteiger partial charge >= 0.3 is 0 Å². The molecule has 11 fully saturated rings. The Morgan fingerprint density at radius 2 is 0.488 bits per heavy atom. The van der Waals surface area contributed by atoms with Crippen LogP contribution in [0.4, 0.5) is 0 Å². The van der Waals surface area contributed by atoms with Crippen LogP contribution in [-0.4, -0.2) is 568 Å². The van der Waals surface area contributed by atoms with E-state index in [0.29, 0.717) is 0 Å². The Labute approximate surface area is 730 Å². The number of rotatable bonds is 32. The highest BCUT2D eigenvalue weighted by atomic mass is 16.8. The average molecular weight is 1890 g/mol. The molecule has 57 nitrogen and oxygen atoms in total. The van der Waals surface area contributed by atoms with Crippen LogP contribution in [0.2, 0.25) is 0 Å². The Bertz CT molecular complexity index is 3480. The molecule has 11 rings (SSSR count). The number of ether oxygens (including phenoxy) is 21. The van der Waals surface area contributed by atoms with Gasteiger partial charge in [0.1, 0.15) is 256 Å². The van der Waals surface area contributed by atoms with Gasteiger partial charge in [-0.25, -0.2) is 0 Å². The number of hydrogen-bond donors (Lipinski definition) is 33. The van der Waals surface area contributed by atoms with Crippen molar-refractivity contribution in [1.29, 1.82) is 0 Å². The molecule has 57 heteroatoms. The van der Waals surface area contributed by atoms with E-state index in [1.165, 1.54) is 13.8 Å². The number of nitrogens with one attached hydrogen (secondary N) is 3. The summed E-state index contributed by atoms with van der Waals surface area (Å²) in [5.74, 6) is -2.93. The molecular formula is C72H121N3O54. The second kappa shape index (κ2) is 45.8. The molecule has 11 aliphatic heterocycles. The molecule has 0 saturated carbocycles. The monoisotopic (exact) mass is 1890 g/mol. The minimum absolute atomic E-state index is 0.860. The quantitative estimate of drug-likeness (QED) is 0.0297. The van der Waals surface area contributed by atoms with Crippen LogP contribution in [0.5, 0.6) is 0 Å². The standard InChI is InChI=1S/C72H121N3O54/c1-15-32(85)42(95)48(101)65(112-15)111-14-28-56(40(93)29(62(108)114-28)73-17(3)82)123-63-30(74-18(4)83)41(94)55(24(10-80)119-63)124-71-54(107)60(39(92)27(122-71)13-110-67-53(106)59(127-70-52(105)46(99)36(89)22(8-78)117-70)38(91)26(121-67)12-109-66-49(102)44(97)34(87)20(6-76)115-66)128-72-61(47(100)37(90)23(9-79)118-72)129-64-31(75-19(5)84)58(126-68-50(103)43(96)33(86)16(2)113-68)57(25(11-81)120-64)125-69-51(104)45(98)35(88)21(7-77)116-69/h15-16,20-72,76-81,85-108H,6-14H2,1-5H3,(H,73,82)(H,74,83)(H,75,84)/t15-,16-,20+,21+,22+,23+,24+,25+,26+,27+,28+,29+,30+,31+,32+,33+,34+,35-,36+,37+,38+,39+,40+,41+,42+,43+,44-,45-,46-,47-,48-,49-,50-,51+,52-,53-,54-,55+,56+,57+,58+,59-,60-,61-,62?,63-,64-,65+,66-,67-,68-,69-,70+,71-,72+/m0/s1. The van der Waals surface area contributed by atoms with E-state index in [1.807, 2.05) is 0 Å². The molecule has 748 valence electrons. The molecule has 55 atom stereocenters. The van der Waals surface area contributed by atoms with Crippen molar-refractivity contribution >= 4 is 17.7 Å². The van der Waals surface area contributed by atoms with E-state index in [1.54, 1.807) is 0 Å². The van der Waals surface area contributed by atoms with Gasteiger partial charge in [0, 0.05) is 20.8 Å². The van der Waals surface area contributed by atoms with Gasteiger partial charge in [0.05, 0.1) is 71.7 Å². The molecule has 11 heterocycles. The molecule has 3 amide bonds. The lowest BCUT2D eigenvalue weighted by molar-refractivity contribution is -0.403. The van der Waals surface area contributed by atoms with Crippen LogP contribution in [0.15, 0.2) is 0 Å². The summed E-state index contributed by atoms with van der Waals surface area (Å²) in [6.07, 6.45) is -110. The summed E-state index contributed by atoms with van der Waals surface area (Å²) in [6.45, 7) is -4.80. The zero-order valence-electron chi connectivity index (χ0n) is 69.3. The number of aliphatic hydroxyl groups excluding tert-OH is 30. The Balaban J connectivity index is 0.953. The fourth-order valence-electron chi connectivity index (χ4n) is 16.7. The van der Waals surface area contributed by atoms with Gasteiger partial charge in [0.15, 0.2) is 69.2 Å². The summed E-state index contributed by atoms with van der Waals surface area (Å²) < 4.78 is 125. The summed E-state index contributed by atoms with van der Waals surface area (Å²) in [4.78, 5) is 39.4. The van der Waals surface area contributed by atoms with Crippen molar-refractivity contribution in [1.82, 2.24) is 16.0 Å². The lowest BCUT2D eigenvalue weighted by atomic mass is 9.93. The maximum absolute atomic E-state index is 13.6. The third kappa shape index (κ3) is 23.2. The molecule has 0 aromatic heterocycles. The third-order valence-electron chi connectivity index (χ3n) is 24.1. The van der Waals surface area contributed by atoms with Crippen molar-refractivity contribution in [2.24, 2.45) is 0 Å². The van der Waals surface area contributed by atoms with Gasteiger partial charge in [0.2, 0.25) is 17.7 Å². The van der Waals surface area contributed by atoms with Crippen LogP contribution in [0.1, 0.15) is 34.6 Å². The minimum atomic E-state index is -2.69. The largest absolute Gasteiger partial charge is 0.394 e. The molecule has 0 spiro atoms. The zero-order chi connectivity index (χ0) is 94.8. The second-order valence-electron chi connectivity index (χ2n) is 33.1. The normalized spacial score (nSPS) is 51.3. The highest BCUT2D eigenvalue weighted by Crippen LogP contribution is 2.42. The van der Waals surface area contributed by atoms with Gasteiger partial charge in [-0.15, -0.1) is 0 Å². The Morgan fingerprint density at radius 3 is 0.953 bits per heavy atom. The van der Waals surface area contributed by atoms with Crippen LogP contribution in [-0.2, 0) is 114 Å². The predicted molar refractivity (Wildman–Crippen MR) is 394 cm³/mol. The van der Waals surface area contributed by atoms with Crippen molar-refractivity contribution in [2.75, 3.05) is 59.5 Å². The fourth-order valence-corrected chi connectivity index (χ4v) is 16.7. The SMILES string of the molecule is CC(=O)N[C@H]1[C@H](O[C@H]2[C@H](O)[C@@H](NC(C)=O)C(O)O[C@@H]2CO[C@@H]2O[C@@H](C)[C@@H](O)[C@@H](O)[C@@H]2O)O[C@H](CO)[C@@H](O[C@@H]2O[C@H](CO[C@H]3O[C@H](CO[C@H]4O[C@H](CO)[C@@H](O)[C@H](O)[C@@H]4O)[C@@H](O)[C@H](O[C@H]4O[C@H](CO)[C@@H](O)[C@H](O)[C@@H]4O)[C@@H]3O)[C@@H](O)[C@H](O[C@H]3O[C@H](CO)[C@@H](O)[C@H](O)[C@@H]3O[C@@H]3O[C@H](CO)[C@@H](O[C@@H]4O[C@H](CO)[C@H](O)[C@H](O)[C@H]4O)[C@H](O[C@@H]4O[C@@H](C)[C@@H](O)[C@@H](O)[C@@H]4O)[C@H]3NC(C)=O)[C@@H]2O)[C@@H]1O. The molecule has 33 N–H and O–H groups in total. The van der Waals surface area contributed by atoms with Crippen molar-refractivity contribution in [3.8, 4) is 0 Å². The van der Waals surface area contributed by atoms with E-state index in [-0.39, 0.29) is 0 Å². The summed E-state index contributed by atoms with van der Waals surface area (Å²) in [7, 11) is 0. The third-order valence-corrected chi connectivity index (χ3v) is 24.1. The van der Waals surface area contributed by atoms with Crippen LogP contribution in [0.25, 0.3) is 0 Å². The Morgan fingerprint density at radius 1 is 0.217 bits per heavy atom. The summed E-state index contributed by atoms with van der Waals surface area (Å²) in [6, 6.07) is -5.94. The molecule has 1 unspecified atom stereocenters. The van der Waals surface area contributed by atoms with Gasteiger partial charge in [-0.2, -0.15) is 0 Å². The van der Waals surface area contributed by atoms with Crippen LogP contribution < -0.4 is 16.0 Å². The van der Waals surface area contributed by atoms with Crippen molar-refractivity contribution in [3.63, 3.8) is 0 Å². The molecule has 0 bridgehead atoms. The van der Waals surface area contributed by atoms with E-state index >= 15 is 0 Å². The molecule has 0 aromatic rings. The van der Waals surface area contributed by atoms with Crippen LogP contribution >= 0.6 is 0 Å². The highest BCUT2D eigenvalue weighted by molar-refractivity contribution is 5.74. The predicted octanol–water partition coefficient (Wildman–Crippen LogP) is -22.5. The first kappa shape index (κ1) is 106. The van der Waals surface area contributed by atoms with Gasteiger partial charge < -0.3 is 269 Å². The van der Waals surface area contributed by atoms with Crippen molar-refractivity contribution < 1.29 is 267 Å². The Kier molecular flexibility index (Phi) is 37.5. The summed E-state index contributed by atoms with van der Waals surface area (Å²) in [5.41, 5.74) is 0. The number of carbonyl (C=O) groups excluding carboxylic acids is 3. The van der Waals surface area contributed by atoms with Gasteiger partial charge in [0.25, 0.3) is 0 Å². The topological polar surface area (TPSA) is 888 Å². The molecular weight excluding hydrogens is 1770 g/mol. The zero-order valence-corrected chi connectivity index (χ0v) is 69.3. The molecule has 0 aromatic carbocycles. The lowest BCUT2D eigenvalue weighted by Crippen LogP contribution is -2.71. The average Bonchev–Trinajstić information content (AvgIpc) is 0.758. The van der Waals surface area contributed by atoms with E-state index < -0.39 is 415 Å². The second-order valence-corrected chi connectivity index (χ2v) is 33.1. The highest BCUT2D eigenvalue weighted by Gasteiger charge is 2.62. The molecule has 0 aliphatic carbocycles. The van der Waals surface area contributed by atoms with Gasteiger partial charge in [-0.05, 0) is 13.8 Å². The van der Waals surface area contributed by atoms with Crippen LogP contribution in [0, 0.1) is 0 Å². The first-order chi connectivity index (χ1) is 60.9. The molecule has 0 radical (unpaired) electrons. The molecule has 11 aliphatic rings. The lowest BCUT2D eigenvalue weighted by Gasteiger charge is -2.52. The maximum atomic E-state index is 13.6. The first-order valence-corrected chi connectivity index (χ1v) is 41.4. The number of hydrogen-bond acceptors (Lipinski definition) is 54. The Hall–Kier alpha value is -3.63. The van der Waals surface area contributed by atoms with E-state index in [0.717, 1.165) is 20.8 Å². The van der Waals surface area contributed by atoms with Crippen LogP contribution in [0.3, 0.4) is 0 Å². The van der Waals surface area contributed by atoms with E-state index in [4.69, 9.17) is 99.5 Å².